The third-order valence-corrected chi connectivity index (χ3v) is 6.19. The van der Waals surface area contributed by atoms with Crippen molar-refractivity contribution in [3.05, 3.63) is 35.0 Å². The van der Waals surface area contributed by atoms with Gasteiger partial charge >= 0.3 is 0 Å². The van der Waals surface area contributed by atoms with Gasteiger partial charge in [0, 0.05) is 53.9 Å². The van der Waals surface area contributed by atoms with Crippen molar-refractivity contribution in [3.63, 3.8) is 0 Å². The van der Waals surface area contributed by atoms with E-state index < -0.39 is 0 Å². The summed E-state index contributed by atoms with van der Waals surface area (Å²) in [6.07, 6.45) is 2.37. The number of nitrogens with one attached hydrogen (secondary N) is 1. The second-order valence-corrected chi connectivity index (χ2v) is 8.50. The number of halogens is 1. The van der Waals surface area contributed by atoms with Crippen LogP contribution in [-0.2, 0) is 4.79 Å². The molecule has 23 heavy (non-hydrogen) atoms. The number of hydrogen-bond acceptors (Lipinski definition) is 3. The summed E-state index contributed by atoms with van der Waals surface area (Å²) in [5.41, 5.74) is 1.96. The first-order valence-electron chi connectivity index (χ1n) is 8.19. The zero-order chi connectivity index (χ0) is 16.0. The number of rotatable bonds is 1. The number of piperidine rings is 2. The van der Waals surface area contributed by atoms with E-state index in [4.69, 9.17) is 11.6 Å². The van der Waals surface area contributed by atoms with E-state index in [1.807, 2.05) is 12.1 Å². The fourth-order valence-electron chi connectivity index (χ4n) is 5.33. The van der Waals surface area contributed by atoms with Crippen molar-refractivity contribution >= 4 is 28.3 Å². The maximum Gasteiger partial charge on any atom is 0.149 e. The SMILES string of the molecule is CC12CN3CC(C)(CN(C1)C3c1c[nH]c3cc(Cl)ccc13)C2=O. The summed E-state index contributed by atoms with van der Waals surface area (Å²) in [5.74, 6) is 0.460. The lowest BCUT2D eigenvalue weighted by Crippen LogP contribution is -2.75. The summed E-state index contributed by atoms with van der Waals surface area (Å²) in [6, 6.07) is 6.03. The van der Waals surface area contributed by atoms with Crippen molar-refractivity contribution in [2.24, 2.45) is 10.8 Å². The topological polar surface area (TPSA) is 39.3 Å². The Balaban J connectivity index is 1.62. The largest absolute Gasteiger partial charge is 0.361 e. The number of benzene rings is 1. The van der Waals surface area contributed by atoms with Crippen LogP contribution < -0.4 is 0 Å². The summed E-state index contributed by atoms with van der Waals surface area (Å²) in [4.78, 5) is 21.1. The van der Waals surface area contributed by atoms with Crippen molar-refractivity contribution in [1.29, 1.82) is 0 Å². The number of Topliss-reactive ketones (excluding diaryl/α,β-unsaturated/α-hetero) is 1. The Morgan fingerprint density at radius 1 is 1.13 bits per heavy atom. The molecule has 120 valence electrons. The Kier molecular flexibility index (Phi) is 2.55. The predicted molar refractivity (Wildman–Crippen MR) is 90.4 cm³/mol. The highest BCUT2D eigenvalue weighted by molar-refractivity contribution is 6.31. The van der Waals surface area contributed by atoms with Gasteiger partial charge in [-0.05, 0) is 12.1 Å². The van der Waals surface area contributed by atoms with Crippen LogP contribution in [0.5, 0.6) is 0 Å². The van der Waals surface area contributed by atoms with Crippen LogP contribution in [-0.4, -0.2) is 46.7 Å². The molecular formula is C18H20ClN3O. The first-order valence-corrected chi connectivity index (χ1v) is 8.57. The number of fused-ring (bicyclic) bond motifs is 1. The van der Waals surface area contributed by atoms with Gasteiger partial charge in [-0.1, -0.05) is 31.5 Å². The van der Waals surface area contributed by atoms with E-state index in [1.165, 1.54) is 10.9 Å². The molecule has 2 aromatic rings. The normalized spacial score (nSPS) is 41.9. The highest BCUT2D eigenvalue weighted by Gasteiger charge is 2.62. The number of H-pyrrole nitrogens is 1. The average molecular weight is 330 g/mol. The maximum absolute atomic E-state index is 12.8. The summed E-state index contributed by atoms with van der Waals surface area (Å²) >= 11 is 6.11. The third kappa shape index (κ3) is 1.72. The minimum absolute atomic E-state index is 0.211. The van der Waals surface area contributed by atoms with Gasteiger partial charge in [-0.3, -0.25) is 14.6 Å². The molecule has 1 N–H and O–H groups in total. The number of carbonyl (C=O) groups is 1. The Labute approximate surface area is 140 Å². The van der Waals surface area contributed by atoms with Crippen molar-refractivity contribution in [2.45, 2.75) is 20.0 Å². The van der Waals surface area contributed by atoms with E-state index in [0.29, 0.717) is 5.78 Å². The Morgan fingerprint density at radius 3 is 2.35 bits per heavy atom. The van der Waals surface area contributed by atoms with Gasteiger partial charge in [-0.2, -0.15) is 0 Å². The standard InChI is InChI=1S/C18H20ClN3O/c1-17-7-21-9-18(2,16(17)23)10-22(8-17)15(21)13-6-20-14-5-11(19)3-4-12(13)14/h3-6,15,20H,7-10H2,1-2H3. The van der Waals surface area contributed by atoms with Crippen LogP contribution in [0.15, 0.2) is 24.4 Å². The Bertz CT molecular complexity index is 802. The molecule has 1 aromatic carbocycles. The Hall–Kier alpha value is -1.36. The molecule has 4 saturated heterocycles. The summed E-state index contributed by atoms with van der Waals surface area (Å²) < 4.78 is 0. The first kappa shape index (κ1) is 14.0. The zero-order valence-corrected chi connectivity index (χ0v) is 14.2. The minimum Gasteiger partial charge on any atom is -0.361 e. The molecule has 0 amide bonds. The lowest BCUT2D eigenvalue weighted by atomic mass is 9.62. The summed E-state index contributed by atoms with van der Waals surface area (Å²) in [5, 5.41) is 1.98. The van der Waals surface area contributed by atoms with Gasteiger partial charge < -0.3 is 4.98 Å². The van der Waals surface area contributed by atoms with E-state index >= 15 is 0 Å². The first-order chi connectivity index (χ1) is 10.9. The van der Waals surface area contributed by atoms with Gasteiger partial charge in [-0.15, -0.1) is 0 Å². The quantitative estimate of drug-likeness (QED) is 0.874. The molecule has 4 aliphatic heterocycles. The Morgan fingerprint density at radius 2 is 1.74 bits per heavy atom. The molecule has 0 saturated carbocycles. The number of hydrogen-bond donors (Lipinski definition) is 1. The molecular weight excluding hydrogens is 310 g/mol. The van der Waals surface area contributed by atoms with Crippen LogP contribution in [0.1, 0.15) is 25.6 Å². The van der Waals surface area contributed by atoms with Gasteiger partial charge in [0.2, 0.25) is 0 Å². The van der Waals surface area contributed by atoms with Crippen LogP contribution in [0.25, 0.3) is 10.9 Å². The summed E-state index contributed by atoms with van der Waals surface area (Å²) in [7, 11) is 0. The number of carbonyl (C=O) groups excluding carboxylic acids is 1. The maximum atomic E-state index is 12.8. The molecule has 4 nitrogen and oxygen atoms in total. The zero-order valence-electron chi connectivity index (χ0n) is 13.4. The van der Waals surface area contributed by atoms with Gasteiger partial charge in [0.25, 0.3) is 0 Å². The molecule has 4 bridgehead atoms. The molecule has 1 aromatic heterocycles. The van der Waals surface area contributed by atoms with E-state index in [1.54, 1.807) is 0 Å². The molecule has 6 rings (SSSR count). The minimum atomic E-state index is -0.211. The van der Waals surface area contributed by atoms with Crippen molar-refractivity contribution in [2.75, 3.05) is 26.2 Å². The number of ketones is 1. The smallest absolute Gasteiger partial charge is 0.149 e. The highest BCUT2D eigenvalue weighted by atomic mass is 35.5. The van der Waals surface area contributed by atoms with E-state index in [-0.39, 0.29) is 17.0 Å². The third-order valence-electron chi connectivity index (χ3n) is 5.95. The van der Waals surface area contributed by atoms with E-state index in [2.05, 4.69) is 40.9 Å². The van der Waals surface area contributed by atoms with E-state index in [0.717, 1.165) is 36.7 Å². The molecule has 0 atom stereocenters. The molecule has 4 fully saturated rings. The van der Waals surface area contributed by atoms with Gasteiger partial charge in [-0.25, -0.2) is 0 Å². The molecule has 0 radical (unpaired) electrons. The lowest BCUT2D eigenvalue weighted by molar-refractivity contribution is -0.196. The second-order valence-electron chi connectivity index (χ2n) is 8.07. The fraction of sp³-hybridized carbons (Fsp3) is 0.500. The lowest BCUT2D eigenvalue weighted by Gasteiger charge is -2.64. The molecule has 5 heterocycles. The molecule has 0 aliphatic carbocycles. The second kappa shape index (κ2) is 4.18. The molecule has 4 aliphatic rings. The molecule has 0 unspecified atom stereocenters. The number of aromatic nitrogens is 1. The van der Waals surface area contributed by atoms with Gasteiger partial charge in [0.05, 0.1) is 17.0 Å². The average Bonchev–Trinajstić information content (AvgIpc) is 2.86. The summed E-state index contributed by atoms with van der Waals surface area (Å²) in [6.45, 7) is 7.73. The van der Waals surface area contributed by atoms with Crippen LogP contribution >= 0.6 is 11.6 Å². The number of aromatic amines is 1. The van der Waals surface area contributed by atoms with Crippen LogP contribution in [0.2, 0.25) is 5.02 Å². The highest BCUT2D eigenvalue weighted by Crippen LogP contribution is 2.52. The van der Waals surface area contributed by atoms with Crippen molar-refractivity contribution in [1.82, 2.24) is 14.8 Å². The molecule has 5 heteroatoms. The van der Waals surface area contributed by atoms with Gasteiger partial charge in [0.1, 0.15) is 5.78 Å². The van der Waals surface area contributed by atoms with Crippen molar-refractivity contribution in [3.8, 4) is 0 Å². The fourth-order valence-corrected chi connectivity index (χ4v) is 5.50. The number of nitrogens with zero attached hydrogens (tertiary/aromatic N) is 2. The molecule has 0 spiro atoms. The van der Waals surface area contributed by atoms with Crippen LogP contribution in [0.4, 0.5) is 0 Å². The van der Waals surface area contributed by atoms with Crippen LogP contribution in [0, 0.1) is 10.8 Å². The van der Waals surface area contributed by atoms with Gasteiger partial charge in [0.15, 0.2) is 0 Å². The van der Waals surface area contributed by atoms with Crippen LogP contribution in [0.3, 0.4) is 0 Å². The van der Waals surface area contributed by atoms with E-state index in [9.17, 15) is 4.79 Å². The predicted octanol–water partition coefficient (Wildman–Crippen LogP) is 3.05. The van der Waals surface area contributed by atoms with Crippen molar-refractivity contribution < 1.29 is 4.79 Å². The monoisotopic (exact) mass is 329 g/mol.